The highest BCUT2D eigenvalue weighted by molar-refractivity contribution is 7.89. The van der Waals surface area contributed by atoms with Gasteiger partial charge in [0.15, 0.2) is 11.5 Å². The molecule has 0 aliphatic carbocycles. The number of aromatic nitrogens is 2. The van der Waals surface area contributed by atoms with Crippen molar-refractivity contribution in [3.8, 4) is 11.5 Å². The lowest BCUT2D eigenvalue weighted by atomic mass is 9.97. The number of piperidine rings is 1. The van der Waals surface area contributed by atoms with Crippen LogP contribution in [-0.4, -0.2) is 56.1 Å². The molecule has 1 saturated heterocycles. The monoisotopic (exact) mass is 468 g/mol. The number of amides is 1. The molecule has 3 rings (SSSR count). The average molecular weight is 469 g/mol. The minimum atomic E-state index is -3.69. The van der Waals surface area contributed by atoms with Crippen LogP contribution in [0.25, 0.3) is 0 Å². The van der Waals surface area contributed by atoms with Crippen LogP contribution < -0.4 is 14.8 Å². The quantitative estimate of drug-likeness (QED) is 0.634. The third-order valence-corrected chi connectivity index (χ3v) is 7.85. The maximum absolute atomic E-state index is 13.0. The fraction of sp³-hybridized carbons (Fsp3) is 0.550. The Labute approximate surface area is 186 Å². The van der Waals surface area contributed by atoms with Crippen LogP contribution >= 0.6 is 11.3 Å². The minimum absolute atomic E-state index is 0.139. The first-order chi connectivity index (χ1) is 14.7. The molecule has 0 saturated carbocycles. The van der Waals surface area contributed by atoms with Crippen molar-refractivity contribution in [1.82, 2.24) is 14.5 Å². The zero-order valence-electron chi connectivity index (χ0n) is 18.1. The van der Waals surface area contributed by atoms with E-state index in [1.165, 1.54) is 42.0 Å². The Morgan fingerprint density at radius 3 is 2.48 bits per heavy atom. The first kappa shape index (κ1) is 23.4. The molecule has 31 heavy (non-hydrogen) atoms. The lowest BCUT2D eigenvalue weighted by Gasteiger charge is -2.30. The van der Waals surface area contributed by atoms with Crippen LogP contribution in [0.5, 0.6) is 11.5 Å². The topological polar surface area (TPSA) is 111 Å². The summed E-state index contributed by atoms with van der Waals surface area (Å²) in [7, 11) is -0.735. The van der Waals surface area contributed by atoms with Crippen LogP contribution in [0.4, 0.5) is 5.13 Å². The number of methoxy groups -OCH3 is 2. The minimum Gasteiger partial charge on any atom is -0.493 e. The molecule has 1 amide bonds. The Balaban J connectivity index is 1.60. The van der Waals surface area contributed by atoms with Crippen molar-refractivity contribution in [1.29, 1.82) is 0 Å². The second-order valence-corrected chi connectivity index (χ2v) is 10.8. The first-order valence-corrected chi connectivity index (χ1v) is 12.4. The van der Waals surface area contributed by atoms with Gasteiger partial charge < -0.3 is 14.8 Å². The van der Waals surface area contributed by atoms with Crippen LogP contribution in [0.2, 0.25) is 0 Å². The summed E-state index contributed by atoms with van der Waals surface area (Å²) in [5, 5.41) is 12.3. The fourth-order valence-corrected chi connectivity index (χ4v) is 5.87. The fourth-order valence-electron chi connectivity index (χ4n) is 3.43. The highest BCUT2D eigenvalue weighted by Gasteiger charge is 2.33. The van der Waals surface area contributed by atoms with E-state index in [1.807, 2.05) is 0 Å². The van der Waals surface area contributed by atoms with E-state index in [-0.39, 0.29) is 29.8 Å². The zero-order chi connectivity index (χ0) is 22.6. The molecule has 9 nitrogen and oxygen atoms in total. The molecule has 1 fully saturated rings. The van der Waals surface area contributed by atoms with Crippen LogP contribution in [-0.2, 0) is 21.2 Å². The second kappa shape index (κ2) is 9.92. The number of nitrogens with zero attached hydrogens (tertiary/aromatic N) is 3. The molecular weight excluding hydrogens is 440 g/mol. The van der Waals surface area contributed by atoms with Crippen molar-refractivity contribution in [2.45, 2.75) is 38.0 Å². The van der Waals surface area contributed by atoms with Gasteiger partial charge in [-0.25, -0.2) is 8.42 Å². The van der Waals surface area contributed by atoms with Gasteiger partial charge in [-0.05, 0) is 30.9 Å². The Morgan fingerprint density at radius 2 is 1.87 bits per heavy atom. The lowest BCUT2D eigenvalue weighted by Crippen LogP contribution is -2.41. The highest BCUT2D eigenvalue weighted by atomic mass is 32.2. The summed E-state index contributed by atoms with van der Waals surface area (Å²) in [5.74, 6) is 0.870. The van der Waals surface area contributed by atoms with Crippen LogP contribution in [0.3, 0.4) is 0 Å². The molecule has 1 N–H and O–H groups in total. The smallest absolute Gasteiger partial charge is 0.243 e. The number of carbonyl (C=O) groups is 1. The lowest BCUT2D eigenvalue weighted by molar-refractivity contribution is -0.120. The van der Waals surface area contributed by atoms with E-state index in [4.69, 9.17) is 9.47 Å². The van der Waals surface area contributed by atoms with Gasteiger partial charge in [0.1, 0.15) is 5.01 Å². The van der Waals surface area contributed by atoms with Gasteiger partial charge in [0.05, 0.1) is 19.1 Å². The molecule has 170 valence electrons. The molecule has 1 aliphatic heterocycles. The van der Waals surface area contributed by atoms with E-state index < -0.39 is 10.0 Å². The molecule has 0 spiro atoms. The number of carbonyl (C=O) groups excluding carboxylic acids is 1. The summed E-state index contributed by atoms with van der Waals surface area (Å²) in [4.78, 5) is 12.7. The Kier molecular flexibility index (Phi) is 7.50. The summed E-state index contributed by atoms with van der Waals surface area (Å²) >= 11 is 1.38. The van der Waals surface area contributed by atoms with Gasteiger partial charge in [-0.2, -0.15) is 4.31 Å². The predicted molar refractivity (Wildman–Crippen MR) is 118 cm³/mol. The Bertz CT molecular complexity index is 1010. The summed E-state index contributed by atoms with van der Waals surface area (Å²) in [6.07, 6.45) is 1.70. The molecule has 0 bridgehead atoms. The third kappa shape index (κ3) is 5.52. The largest absolute Gasteiger partial charge is 0.493 e. The third-order valence-electron chi connectivity index (χ3n) is 5.10. The van der Waals surface area contributed by atoms with Crippen molar-refractivity contribution in [3.05, 3.63) is 23.2 Å². The number of anilines is 1. The van der Waals surface area contributed by atoms with Gasteiger partial charge in [-0.15, -0.1) is 10.2 Å². The summed E-state index contributed by atoms with van der Waals surface area (Å²) in [6.45, 7) is 4.74. The van der Waals surface area contributed by atoms with Gasteiger partial charge in [-0.3, -0.25) is 4.79 Å². The van der Waals surface area contributed by atoms with E-state index in [2.05, 4.69) is 29.4 Å². The van der Waals surface area contributed by atoms with Gasteiger partial charge in [0, 0.05) is 31.5 Å². The van der Waals surface area contributed by atoms with Gasteiger partial charge >= 0.3 is 0 Å². The van der Waals surface area contributed by atoms with Gasteiger partial charge in [0.2, 0.25) is 21.1 Å². The van der Waals surface area contributed by atoms with Crippen LogP contribution in [0.15, 0.2) is 23.1 Å². The number of rotatable bonds is 8. The van der Waals surface area contributed by atoms with Crippen molar-refractivity contribution in [3.63, 3.8) is 0 Å². The summed E-state index contributed by atoms with van der Waals surface area (Å²) in [5.41, 5.74) is 0. The summed E-state index contributed by atoms with van der Waals surface area (Å²) in [6, 6.07) is 4.53. The van der Waals surface area contributed by atoms with Gasteiger partial charge in [-0.1, -0.05) is 25.2 Å². The standard InChI is InChI=1S/C20H28N4O5S2/c1-13(2)11-18-22-23-20(30-18)21-19(25)14-7-9-24(10-8-14)31(26,27)15-5-6-16(28-3)17(12-15)29-4/h5-6,12-14H,7-11H2,1-4H3,(H,21,23,25). The second-order valence-electron chi connectivity index (χ2n) is 7.78. The van der Waals surface area contributed by atoms with Crippen molar-refractivity contribution in [2.24, 2.45) is 11.8 Å². The van der Waals surface area contributed by atoms with Crippen molar-refractivity contribution >= 4 is 32.4 Å². The van der Waals surface area contributed by atoms with E-state index in [9.17, 15) is 13.2 Å². The number of hydrogen-bond donors (Lipinski definition) is 1. The SMILES string of the molecule is COc1ccc(S(=O)(=O)N2CCC(C(=O)Nc3nnc(CC(C)C)s3)CC2)cc1OC. The Hall–Kier alpha value is -2.24. The molecular formula is C20H28N4O5S2. The molecule has 1 aromatic heterocycles. The van der Waals surface area contributed by atoms with Crippen molar-refractivity contribution in [2.75, 3.05) is 32.6 Å². The molecule has 2 heterocycles. The number of nitrogens with one attached hydrogen (secondary N) is 1. The number of hydrogen-bond acceptors (Lipinski definition) is 8. The van der Waals surface area contributed by atoms with Gasteiger partial charge in [0.25, 0.3) is 0 Å². The maximum atomic E-state index is 13.0. The molecule has 0 radical (unpaired) electrons. The van der Waals surface area contributed by atoms with E-state index in [1.54, 1.807) is 6.07 Å². The average Bonchev–Trinajstić information content (AvgIpc) is 3.19. The van der Waals surface area contributed by atoms with Crippen LogP contribution in [0, 0.1) is 11.8 Å². The van der Waals surface area contributed by atoms with Crippen LogP contribution in [0.1, 0.15) is 31.7 Å². The number of benzene rings is 1. The molecule has 2 aromatic rings. The Morgan fingerprint density at radius 1 is 1.19 bits per heavy atom. The van der Waals surface area contributed by atoms with E-state index in [0.717, 1.165) is 11.4 Å². The number of ether oxygens (including phenoxy) is 2. The maximum Gasteiger partial charge on any atom is 0.243 e. The summed E-state index contributed by atoms with van der Waals surface area (Å²) < 4.78 is 37.8. The number of sulfonamides is 1. The molecule has 0 unspecified atom stereocenters. The normalized spacial score (nSPS) is 15.8. The zero-order valence-corrected chi connectivity index (χ0v) is 19.8. The first-order valence-electron chi connectivity index (χ1n) is 10.1. The van der Waals surface area contributed by atoms with E-state index >= 15 is 0 Å². The highest BCUT2D eigenvalue weighted by Crippen LogP contribution is 2.32. The van der Waals surface area contributed by atoms with E-state index in [0.29, 0.717) is 35.4 Å². The molecule has 1 aliphatic rings. The molecule has 11 heteroatoms. The molecule has 1 aromatic carbocycles. The molecule has 0 atom stereocenters. The predicted octanol–water partition coefficient (Wildman–Crippen LogP) is 2.79. The van der Waals surface area contributed by atoms with Crippen molar-refractivity contribution < 1.29 is 22.7 Å².